The van der Waals surface area contributed by atoms with Crippen LogP contribution in [0.1, 0.15) is 43.9 Å². The second-order valence-corrected chi connectivity index (χ2v) is 5.16. The van der Waals surface area contributed by atoms with E-state index in [2.05, 4.69) is 0 Å². The van der Waals surface area contributed by atoms with Crippen molar-refractivity contribution in [2.75, 3.05) is 0 Å². The van der Waals surface area contributed by atoms with Gasteiger partial charge in [0.2, 0.25) is 0 Å². The number of aliphatic hydroxyl groups excluding tert-OH is 1. The van der Waals surface area contributed by atoms with Gasteiger partial charge < -0.3 is 10.8 Å². The Bertz CT molecular complexity index is 407. The Morgan fingerprint density at radius 1 is 1.17 bits per heavy atom. The summed E-state index contributed by atoms with van der Waals surface area (Å²) in [6.45, 7) is 5.55. The standard InChI is InChI=1S/C14H21F2NO/c1-8(2)4-7-11(18)14(17)10-6-5-9(3)12(15)13(10)16/h5-6,8,11,14,18H,4,7,17H2,1-3H3/t11-,14+/m0/s1. The fraction of sp³-hybridized carbons (Fsp3) is 0.571. The van der Waals surface area contributed by atoms with Crippen LogP contribution in [0.2, 0.25) is 0 Å². The second-order valence-electron chi connectivity index (χ2n) is 5.16. The maximum Gasteiger partial charge on any atom is 0.163 e. The average molecular weight is 257 g/mol. The van der Waals surface area contributed by atoms with E-state index in [1.165, 1.54) is 19.1 Å². The largest absolute Gasteiger partial charge is 0.391 e. The summed E-state index contributed by atoms with van der Waals surface area (Å²) >= 11 is 0. The van der Waals surface area contributed by atoms with Crippen molar-refractivity contribution >= 4 is 0 Å². The summed E-state index contributed by atoms with van der Waals surface area (Å²) in [7, 11) is 0. The molecule has 0 radical (unpaired) electrons. The lowest BCUT2D eigenvalue weighted by molar-refractivity contribution is 0.126. The zero-order valence-electron chi connectivity index (χ0n) is 11.1. The number of nitrogens with two attached hydrogens (primary N) is 1. The molecule has 4 heteroatoms. The molecule has 0 aromatic heterocycles. The molecule has 0 amide bonds. The Labute approximate surface area is 107 Å². The third kappa shape index (κ3) is 3.50. The molecule has 0 aliphatic rings. The topological polar surface area (TPSA) is 46.2 Å². The molecule has 2 atom stereocenters. The van der Waals surface area contributed by atoms with Gasteiger partial charge in [-0.15, -0.1) is 0 Å². The van der Waals surface area contributed by atoms with Crippen LogP contribution in [-0.4, -0.2) is 11.2 Å². The molecule has 0 aliphatic carbocycles. The predicted octanol–water partition coefficient (Wildman–Crippen LogP) is 3.07. The quantitative estimate of drug-likeness (QED) is 0.851. The van der Waals surface area contributed by atoms with Crippen molar-refractivity contribution in [1.29, 1.82) is 0 Å². The van der Waals surface area contributed by atoms with E-state index in [4.69, 9.17) is 5.73 Å². The molecule has 0 spiro atoms. The Morgan fingerprint density at radius 2 is 1.78 bits per heavy atom. The van der Waals surface area contributed by atoms with E-state index in [0.717, 1.165) is 6.42 Å². The van der Waals surface area contributed by atoms with Crippen LogP contribution >= 0.6 is 0 Å². The van der Waals surface area contributed by atoms with Gasteiger partial charge in [0.25, 0.3) is 0 Å². The van der Waals surface area contributed by atoms with Crippen LogP contribution < -0.4 is 5.73 Å². The minimum absolute atomic E-state index is 0.0364. The fourth-order valence-corrected chi connectivity index (χ4v) is 1.81. The van der Waals surface area contributed by atoms with Crippen LogP contribution in [0.4, 0.5) is 8.78 Å². The molecule has 0 bridgehead atoms. The minimum atomic E-state index is -0.953. The molecule has 1 aromatic carbocycles. The van der Waals surface area contributed by atoms with Crippen molar-refractivity contribution < 1.29 is 13.9 Å². The third-order valence-electron chi connectivity index (χ3n) is 3.12. The van der Waals surface area contributed by atoms with Gasteiger partial charge in [-0.25, -0.2) is 8.78 Å². The lowest BCUT2D eigenvalue weighted by Gasteiger charge is -2.21. The molecule has 102 valence electrons. The van der Waals surface area contributed by atoms with Gasteiger partial charge in [0.1, 0.15) is 0 Å². The van der Waals surface area contributed by atoms with Crippen molar-refractivity contribution in [2.24, 2.45) is 11.7 Å². The van der Waals surface area contributed by atoms with Gasteiger partial charge in [0, 0.05) is 5.56 Å². The van der Waals surface area contributed by atoms with Crippen LogP contribution in [0, 0.1) is 24.5 Å². The summed E-state index contributed by atoms with van der Waals surface area (Å²) in [5.74, 6) is -1.41. The van der Waals surface area contributed by atoms with Crippen molar-refractivity contribution in [3.63, 3.8) is 0 Å². The first-order valence-corrected chi connectivity index (χ1v) is 6.22. The number of hydrogen-bond donors (Lipinski definition) is 2. The van der Waals surface area contributed by atoms with E-state index in [9.17, 15) is 13.9 Å². The monoisotopic (exact) mass is 257 g/mol. The highest BCUT2D eigenvalue weighted by Crippen LogP contribution is 2.24. The van der Waals surface area contributed by atoms with Crippen LogP contribution in [0.15, 0.2) is 12.1 Å². The molecule has 3 N–H and O–H groups in total. The second kappa shape index (κ2) is 6.25. The highest BCUT2D eigenvalue weighted by molar-refractivity contribution is 5.28. The lowest BCUT2D eigenvalue weighted by atomic mass is 9.95. The molecule has 0 heterocycles. The van der Waals surface area contributed by atoms with E-state index < -0.39 is 23.8 Å². The highest BCUT2D eigenvalue weighted by Gasteiger charge is 2.22. The maximum absolute atomic E-state index is 13.7. The molecule has 0 saturated carbocycles. The summed E-state index contributed by atoms with van der Waals surface area (Å²) in [6, 6.07) is 2.03. The number of rotatable bonds is 5. The molecule has 0 unspecified atom stereocenters. The summed E-state index contributed by atoms with van der Waals surface area (Å²) < 4.78 is 27.1. The van der Waals surface area contributed by atoms with Gasteiger partial charge in [0.15, 0.2) is 11.6 Å². The van der Waals surface area contributed by atoms with E-state index in [1.54, 1.807) is 0 Å². The summed E-state index contributed by atoms with van der Waals surface area (Å²) in [5, 5.41) is 9.89. The Morgan fingerprint density at radius 3 is 2.33 bits per heavy atom. The van der Waals surface area contributed by atoms with E-state index >= 15 is 0 Å². The van der Waals surface area contributed by atoms with Gasteiger partial charge >= 0.3 is 0 Å². The number of aliphatic hydroxyl groups is 1. The van der Waals surface area contributed by atoms with Gasteiger partial charge in [-0.2, -0.15) is 0 Å². The molecule has 2 nitrogen and oxygen atoms in total. The zero-order valence-corrected chi connectivity index (χ0v) is 11.1. The summed E-state index contributed by atoms with van der Waals surface area (Å²) in [4.78, 5) is 0. The maximum atomic E-state index is 13.7. The van der Waals surface area contributed by atoms with Crippen LogP contribution in [0.5, 0.6) is 0 Å². The molecule has 1 aromatic rings. The number of hydrogen-bond acceptors (Lipinski definition) is 2. The Hall–Kier alpha value is -1.00. The van der Waals surface area contributed by atoms with Crippen molar-refractivity contribution in [1.82, 2.24) is 0 Å². The molecule has 0 saturated heterocycles. The van der Waals surface area contributed by atoms with Crippen molar-refractivity contribution in [3.8, 4) is 0 Å². The third-order valence-corrected chi connectivity index (χ3v) is 3.12. The minimum Gasteiger partial charge on any atom is -0.391 e. The molecular formula is C14H21F2NO. The lowest BCUT2D eigenvalue weighted by Crippen LogP contribution is -2.27. The predicted molar refractivity (Wildman–Crippen MR) is 68.1 cm³/mol. The Kier molecular flexibility index (Phi) is 5.23. The van der Waals surface area contributed by atoms with Gasteiger partial charge in [-0.05, 0) is 31.2 Å². The van der Waals surface area contributed by atoms with Gasteiger partial charge in [-0.3, -0.25) is 0 Å². The summed E-state index contributed by atoms with van der Waals surface area (Å²) in [6.07, 6.45) is 0.419. The summed E-state index contributed by atoms with van der Waals surface area (Å²) in [5.41, 5.74) is 6.06. The van der Waals surface area contributed by atoms with Crippen LogP contribution in [0.25, 0.3) is 0 Å². The first-order valence-electron chi connectivity index (χ1n) is 6.22. The fourth-order valence-electron chi connectivity index (χ4n) is 1.81. The van der Waals surface area contributed by atoms with E-state index in [1.807, 2.05) is 13.8 Å². The van der Waals surface area contributed by atoms with Crippen LogP contribution in [0.3, 0.4) is 0 Å². The normalized spacial score (nSPS) is 14.9. The number of halogens is 2. The molecule has 1 rings (SSSR count). The van der Waals surface area contributed by atoms with Crippen LogP contribution in [-0.2, 0) is 0 Å². The number of aryl methyl sites for hydroxylation is 1. The molecule has 18 heavy (non-hydrogen) atoms. The molecular weight excluding hydrogens is 236 g/mol. The van der Waals surface area contributed by atoms with E-state index in [-0.39, 0.29) is 11.1 Å². The average Bonchev–Trinajstić information content (AvgIpc) is 2.32. The van der Waals surface area contributed by atoms with Gasteiger partial charge in [0.05, 0.1) is 12.1 Å². The number of benzene rings is 1. The first kappa shape index (κ1) is 15.1. The highest BCUT2D eigenvalue weighted by atomic mass is 19.2. The first-order chi connectivity index (χ1) is 8.34. The van der Waals surface area contributed by atoms with Crippen molar-refractivity contribution in [3.05, 3.63) is 34.9 Å². The van der Waals surface area contributed by atoms with Gasteiger partial charge in [-0.1, -0.05) is 26.0 Å². The van der Waals surface area contributed by atoms with Crippen molar-refractivity contribution in [2.45, 2.75) is 45.8 Å². The molecule has 0 fully saturated rings. The smallest absolute Gasteiger partial charge is 0.163 e. The van der Waals surface area contributed by atoms with E-state index in [0.29, 0.717) is 12.3 Å². The Balaban J connectivity index is 2.83. The zero-order chi connectivity index (χ0) is 13.9. The SMILES string of the molecule is Cc1ccc([C@@H](N)[C@@H](O)CCC(C)C)c(F)c1F. The molecule has 0 aliphatic heterocycles.